The second-order valence-electron chi connectivity index (χ2n) is 5.00. The van der Waals surface area contributed by atoms with Crippen molar-refractivity contribution in [1.82, 2.24) is 24.6 Å². The van der Waals surface area contributed by atoms with Crippen molar-refractivity contribution in [1.29, 1.82) is 0 Å². The van der Waals surface area contributed by atoms with Crippen molar-refractivity contribution in [2.75, 3.05) is 0 Å². The van der Waals surface area contributed by atoms with E-state index in [-0.39, 0.29) is 16.8 Å². The molecular weight excluding hydrogens is 284 g/mol. The minimum absolute atomic E-state index is 0.129. The summed E-state index contributed by atoms with van der Waals surface area (Å²) in [6, 6.07) is 0. The highest BCUT2D eigenvalue weighted by Gasteiger charge is 2.23. The van der Waals surface area contributed by atoms with Crippen molar-refractivity contribution in [3.05, 3.63) is 45.3 Å². The Balaban J connectivity index is 2.49. The number of carbonyl (C=O) groups is 1. The number of primary amides is 1. The Bertz CT molecular complexity index is 969. The number of aryl methyl sites for hydroxylation is 2. The van der Waals surface area contributed by atoms with Gasteiger partial charge in [0.05, 0.1) is 11.4 Å². The largest absolute Gasteiger partial charge is 0.365 e. The third-order valence-electron chi connectivity index (χ3n) is 3.61. The highest BCUT2D eigenvalue weighted by molar-refractivity contribution is 6.04. The average Bonchev–Trinajstić information content (AvgIpc) is 2.84. The Hall–Kier alpha value is -3.03. The number of nitrogens with one attached hydrogen (secondary N) is 1. The number of hydrogen-bond donors (Lipinski definition) is 2. The molecule has 0 fully saturated rings. The van der Waals surface area contributed by atoms with Gasteiger partial charge in [0.15, 0.2) is 5.65 Å². The van der Waals surface area contributed by atoms with Gasteiger partial charge in [-0.1, -0.05) is 0 Å². The molecule has 0 unspecified atom stereocenters. The zero-order valence-electron chi connectivity index (χ0n) is 12.3. The standard InChI is InChI=1S/C14H14N6O2/c1-6-7(2)18-13-9(12(15)21)11(19-20(13)14(6)22)10-8(3)16-4-5-17-10/h4-5,19H,1-3H3,(H2,15,21). The summed E-state index contributed by atoms with van der Waals surface area (Å²) in [7, 11) is 0. The van der Waals surface area contributed by atoms with E-state index < -0.39 is 5.91 Å². The second kappa shape index (κ2) is 4.76. The van der Waals surface area contributed by atoms with Crippen molar-refractivity contribution in [2.24, 2.45) is 5.73 Å². The third kappa shape index (κ3) is 1.88. The zero-order valence-corrected chi connectivity index (χ0v) is 12.3. The number of H-pyrrole nitrogens is 1. The quantitative estimate of drug-likeness (QED) is 0.714. The van der Waals surface area contributed by atoms with Crippen LogP contribution in [0.2, 0.25) is 0 Å². The molecule has 0 aliphatic heterocycles. The van der Waals surface area contributed by atoms with Gasteiger partial charge in [0.2, 0.25) is 0 Å². The van der Waals surface area contributed by atoms with E-state index in [1.54, 1.807) is 27.0 Å². The molecule has 3 aromatic heterocycles. The fourth-order valence-electron chi connectivity index (χ4n) is 2.32. The van der Waals surface area contributed by atoms with Crippen LogP contribution in [0.1, 0.15) is 27.3 Å². The molecule has 0 aliphatic carbocycles. The van der Waals surface area contributed by atoms with Crippen LogP contribution in [0.4, 0.5) is 0 Å². The van der Waals surface area contributed by atoms with Crippen molar-refractivity contribution in [3.63, 3.8) is 0 Å². The number of nitrogens with two attached hydrogens (primary N) is 1. The van der Waals surface area contributed by atoms with Gasteiger partial charge in [-0.25, -0.2) is 4.98 Å². The lowest BCUT2D eigenvalue weighted by molar-refractivity contribution is 0.100. The normalized spacial score (nSPS) is 11.0. The van der Waals surface area contributed by atoms with Crippen LogP contribution >= 0.6 is 0 Å². The first-order chi connectivity index (χ1) is 10.4. The molecule has 0 atom stereocenters. The van der Waals surface area contributed by atoms with Crippen LogP contribution in [0.15, 0.2) is 17.2 Å². The van der Waals surface area contributed by atoms with Crippen LogP contribution in [0.5, 0.6) is 0 Å². The van der Waals surface area contributed by atoms with Crippen LogP contribution in [0, 0.1) is 20.8 Å². The maximum Gasteiger partial charge on any atom is 0.275 e. The average molecular weight is 298 g/mol. The first-order valence-corrected chi connectivity index (χ1v) is 6.61. The van der Waals surface area contributed by atoms with Gasteiger partial charge in [-0.15, -0.1) is 0 Å². The molecule has 0 spiro atoms. The molecule has 8 heteroatoms. The summed E-state index contributed by atoms with van der Waals surface area (Å²) in [6.45, 7) is 5.14. The maximum atomic E-state index is 12.4. The number of amides is 1. The summed E-state index contributed by atoms with van der Waals surface area (Å²) in [5, 5.41) is 2.88. The second-order valence-corrected chi connectivity index (χ2v) is 5.00. The van der Waals surface area contributed by atoms with Crippen molar-refractivity contribution >= 4 is 11.6 Å². The van der Waals surface area contributed by atoms with E-state index >= 15 is 0 Å². The summed E-state index contributed by atoms with van der Waals surface area (Å²) in [5.41, 5.74) is 7.98. The van der Waals surface area contributed by atoms with Gasteiger partial charge < -0.3 is 5.73 Å². The zero-order chi connectivity index (χ0) is 16.0. The van der Waals surface area contributed by atoms with Gasteiger partial charge in [-0.05, 0) is 20.8 Å². The molecule has 0 aromatic carbocycles. The fourth-order valence-corrected chi connectivity index (χ4v) is 2.32. The number of fused-ring (bicyclic) bond motifs is 1. The van der Waals surface area contributed by atoms with Crippen molar-refractivity contribution < 1.29 is 4.79 Å². The van der Waals surface area contributed by atoms with Crippen LogP contribution in [0.25, 0.3) is 17.0 Å². The van der Waals surface area contributed by atoms with Gasteiger partial charge in [0.25, 0.3) is 11.5 Å². The number of carbonyl (C=O) groups excluding carboxylic acids is 1. The highest BCUT2D eigenvalue weighted by atomic mass is 16.1. The molecule has 112 valence electrons. The summed E-state index contributed by atoms with van der Waals surface area (Å²) in [6.07, 6.45) is 3.05. The van der Waals surface area contributed by atoms with E-state index in [9.17, 15) is 9.59 Å². The topological polar surface area (TPSA) is 119 Å². The van der Waals surface area contributed by atoms with E-state index in [0.717, 1.165) is 0 Å². The lowest BCUT2D eigenvalue weighted by Gasteiger charge is -2.02. The van der Waals surface area contributed by atoms with Gasteiger partial charge >= 0.3 is 0 Å². The molecule has 22 heavy (non-hydrogen) atoms. The molecule has 0 saturated carbocycles. The maximum absolute atomic E-state index is 12.4. The minimum Gasteiger partial charge on any atom is -0.365 e. The monoisotopic (exact) mass is 298 g/mol. The third-order valence-corrected chi connectivity index (χ3v) is 3.61. The molecule has 3 heterocycles. The van der Waals surface area contributed by atoms with Crippen molar-refractivity contribution in [2.45, 2.75) is 20.8 Å². The number of rotatable bonds is 2. The van der Waals surface area contributed by atoms with Gasteiger partial charge in [-0.3, -0.25) is 24.7 Å². The molecule has 1 amide bonds. The summed E-state index contributed by atoms with van der Waals surface area (Å²) >= 11 is 0. The Morgan fingerprint density at radius 3 is 2.50 bits per heavy atom. The molecule has 3 rings (SSSR count). The highest BCUT2D eigenvalue weighted by Crippen LogP contribution is 2.24. The van der Waals surface area contributed by atoms with Crippen molar-refractivity contribution in [3.8, 4) is 11.4 Å². The van der Waals surface area contributed by atoms with E-state index in [0.29, 0.717) is 28.3 Å². The Labute approximate surface area is 125 Å². The first-order valence-electron chi connectivity index (χ1n) is 6.61. The molecule has 0 saturated heterocycles. The van der Waals surface area contributed by atoms with E-state index in [1.807, 2.05) is 0 Å². The van der Waals surface area contributed by atoms with Crippen LogP contribution in [-0.4, -0.2) is 30.5 Å². The van der Waals surface area contributed by atoms with E-state index in [1.165, 1.54) is 10.7 Å². The Morgan fingerprint density at radius 2 is 1.86 bits per heavy atom. The van der Waals surface area contributed by atoms with Gasteiger partial charge in [0.1, 0.15) is 11.3 Å². The van der Waals surface area contributed by atoms with E-state index in [2.05, 4.69) is 20.1 Å². The molecule has 8 nitrogen and oxygen atoms in total. The summed E-state index contributed by atoms with van der Waals surface area (Å²) in [5.74, 6) is -0.686. The predicted octanol–water partition coefficient (Wildman–Crippen LogP) is 0.504. The summed E-state index contributed by atoms with van der Waals surface area (Å²) < 4.78 is 1.21. The molecule has 3 N–H and O–H groups in total. The Morgan fingerprint density at radius 1 is 1.18 bits per heavy atom. The predicted molar refractivity (Wildman–Crippen MR) is 79.6 cm³/mol. The molecular formula is C14H14N6O2. The SMILES string of the molecule is Cc1nccnc1-c1[nH]n2c(=O)c(C)c(C)nc2c1C(N)=O. The molecule has 0 radical (unpaired) electrons. The number of aromatic nitrogens is 5. The molecule has 0 aliphatic rings. The van der Waals surface area contributed by atoms with Gasteiger partial charge in [-0.2, -0.15) is 4.52 Å². The van der Waals surface area contributed by atoms with Gasteiger partial charge in [0, 0.05) is 23.7 Å². The smallest absolute Gasteiger partial charge is 0.275 e. The molecule has 3 aromatic rings. The van der Waals surface area contributed by atoms with Crippen LogP contribution < -0.4 is 11.3 Å². The first kappa shape index (κ1) is 13.9. The molecule has 0 bridgehead atoms. The lowest BCUT2D eigenvalue weighted by atomic mass is 10.1. The summed E-state index contributed by atoms with van der Waals surface area (Å²) in [4.78, 5) is 36.9. The van der Waals surface area contributed by atoms with Crippen LogP contribution in [0.3, 0.4) is 0 Å². The lowest BCUT2D eigenvalue weighted by Crippen LogP contribution is -2.20. The minimum atomic E-state index is -0.686. The Kier molecular flexibility index (Phi) is 3.01. The van der Waals surface area contributed by atoms with Crippen LogP contribution in [-0.2, 0) is 0 Å². The number of hydrogen-bond acceptors (Lipinski definition) is 5. The van der Waals surface area contributed by atoms with E-state index in [4.69, 9.17) is 5.73 Å². The number of nitrogens with zero attached hydrogens (tertiary/aromatic N) is 4. The number of aromatic amines is 1. The fraction of sp³-hybridized carbons (Fsp3) is 0.214.